The zero-order valence-electron chi connectivity index (χ0n) is 15.2. The molecule has 1 aromatic carbocycles. The quantitative estimate of drug-likeness (QED) is 0.384. The molecule has 26 heavy (non-hydrogen) atoms. The zero-order chi connectivity index (χ0) is 18.2. The number of quaternary nitrogens is 1. The van der Waals surface area contributed by atoms with E-state index in [-0.39, 0.29) is 22.1 Å². The number of ether oxygens (including phenoxy) is 1. The Labute approximate surface area is 153 Å². The van der Waals surface area contributed by atoms with Gasteiger partial charge in [-0.25, -0.2) is 4.79 Å². The van der Waals surface area contributed by atoms with Crippen molar-refractivity contribution in [1.82, 2.24) is 0 Å². The van der Waals surface area contributed by atoms with Crippen LogP contribution in [-0.2, 0) is 14.9 Å². The predicted octanol–water partition coefficient (Wildman–Crippen LogP) is 3.23. The van der Waals surface area contributed by atoms with E-state index >= 15 is 0 Å². The summed E-state index contributed by atoms with van der Waals surface area (Å²) in [6, 6.07) is 8.12. The molecule has 1 N–H and O–H groups in total. The molecule has 1 fully saturated rings. The summed E-state index contributed by atoms with van der Waals surface area (Å²) in [6.45, 7) is 3.25. The molecule has 1 spiro atoms. The number of methoxy groups -OCH3 is 1. The maximum Gasteiger partial charge on any atom is 0.335 e. The minimum atomic E-state index is -0.416. The second-order valence-electron chi connectivity index (χ2n) is 8.16. The lowest BCUT2D eigenvalue weighted by Crippen LogP contribution is -2.64. The van der Waals surface area contributed by atoms with Gasteiger partial charge in [0.15, 0.2) is 0 Å². The molecule has 0 bridgehead atoms. The molecule has 1 saturated heterocycles. The van der Waals surface area contributed by atoms with Gasteiger partial charge < -0.3 is 19.9 Å². The second-order valence-corrected chi connectivity index (χ2v) is 8.16. The summed E-state index contributed by atoms with van der Waals surface area (Å²) < 4.78 is 4.97. The highest BCUT2D eigenvalue weighted by molar-refractivity contribution is 5.93. The van der Waals surface area contributed by atoms with E-state index in [1.807, 2.05) is 24.3 Å². The van der Waals surface area contributed by atoms with Gasteiger partial charge >= 0.3 is 5.97 Å². The van der Waals surface area contributed by atoms with Crippen molar-refractivity contribution < 1.29 is 14.2 Å². The SMILES string of the molecule is CC[C@@]12C=CC[N+]3([O-])CC[C@@]4(C(=C(C(=O)OC)C1)Nc1ccccc14)[C@@H]23. The van der Waals surface area contributed by atoms with Gasteiger partial charge in [0, 0.05) is 23.2 Å². The van der Waals surface area contributed by atoms with Crippen LogP contribution in [0.15, 0.2) is 47.7 Å². The number of nitrogens with zero attached hydrogens (tertiary/aromatic N) is 1. The molecule has 0 amide bonds. The first kappa shape index (κ1) is 16.1. The number of para-hydroxylation sites is 1. The van der Waals surface area contributed by atoms with Gasteiger partial charge in [0.1, 0.15) is 6.04 Å². The van der Waals surface area contributed by atoms with E-state index in [9.17, 15) is 10.0 Å². The summed E-state index contributed by atoms with van der Waals surface area (Å²) in [5, 5.41) is 17.4. The Morgan fingerprint density at radius 3 is 3.00 bits per heavy atom. The fourth-order valence-corrected chi connectivity index (χ4v) is 6.30. The summed E-state index contributed by atoms with van der Waals surface area (Å²) in [5.41, 5.74) is 3.11. The number of carbonyl (C=O) groups excluding carboxylic acids is 1. The maximum absolute atomic E-state index is 13.9. The van der Waals surface area contributed by atoms with Crippen molar-refractivity contribution in [3.05, 3.63) is 58.5 Å². The second kappa shape index (κ2) is 4.99. The van der Waals surface area contributed by atoms with Crippen LogP contribution in [0.3, 0.4) is 0 Å². The third kappa shape index (κ3) is 1.66. The number of nitrogens with one attached hydrogen (secondary N) is 1. The monoisotopic (exact) mass is 352 g/mol. The van der Waals surface area contributed by atoms with Gasteiger partial charge in [-0.1, -0.05) is 31.2 Å². The van der Waals surface area contributed by atoms with E-state index in [1.54, 1.807) is 0 Å². The van der Waals surface area contributed by atoms with Crippen LogP contribution >= 0.6 is 0 Å². The van der Waals surface area contributed by atoms with Gasteiger partial charge in [-0.15, -0.1) is 0 Å². The van der Waals surface area contributed by atoms with Crippen molar-refractivity contribution in [2.24, 2.45) is 5.41 Å². The number of hydrogen-bond acceptors (Lipinski definition) is 4. The molecule has 0 radical (unpaired) electrons. The Hall–Kier alpha value is -2.11. The average molecular weight is 352 g/mol. The van der Waals surface area contributed by atoms with E-state index < -0.39 is 5.41 Å². The largest absolute Gasteiger partial charge is 0.632 e. The Bertz CT molecular complexity index is 876. The number of rotatable bonds is 2. The Morgan fingerprint density at radius 1 is 1.42 bits per heavy atom. The highest BCUT2D eigenvalue weighted by Gasteiger charge is 2.70. The highest BCUT2D eigenvalue weighted by Crippen LogP contribution is 2.66. The molecule has 1 aliphatic carbocycles. The average Bonchev–Trinajstić information content (AvgIpc) is 3.17. The van der Waals surface area contributed by atoms with Crippen molar-refractivity contribution in [3.8, 4) is 0 Å². The first-order valence-electron chi connectivity index (χ1n) is 9.45. The van der Waals surface area contributed by atoms with Crippen molar-refractivity contribution in [2.75, 3.05) is 25.5 Å². The van der Waals surface area contributed by atoms with Gasteiger partial charge in [-0.3, -0.25) is 0 Å². The van der Waals surface area contributed by atoms with Crippen molar-refractivity contribution >= 4 is 11.7 Å². The Morgan fingerprint density at radius 2 is 2.23 bits per heavy atom. The van der Waals surface area contributed by atoms with Crippen molar-refractivity contribution in [3.63, 3.8) is 0 Å². The number of benzene rings is 1. The number of anilines is 1. The van der Waals surface area contributed by atoms with Crippen LogP contribution in [0.4, 0.5) is 5.69 Å². The smallest absolute Gasteiger partial charge is 0.335 e. The van der Waals surface area contributed by atoms with E-state index in [0.29, 0.717) is 25.1 Å². The molecule has 1 aromatic rings. The maximum atomic E-state index is 13.9. The van der Waals surface area contributed by atoms with Gasteiger partial charge in [0.2, 0.25) is 0 Å². The molecule has 4 atom stereocenters. The van der Waals surface area contributed by atoms with Crippen LogP contribution in [-0.4, -0.2) is 36.9 Å². The Balaban J connectivity index is 1.86. The normalized spacial score (nSPS) is 39.1. The summed E-state index contributed by atoms with van der Waals surface area (Å²) in [6.07, 6.45) is 6.44. The topological polar surface area (TPSA) is 61.4 Å². The van der Waals surface area contributed by atoms with Crippen molar-refractivity contribution in [1.29, 1.82) is 0 Å². The fourth-order valence-electron chi connectivity index (χ4n) is 6.30. The molecule has 5 heteroatoms. The van der Waals surface area contributed by atoms with Crippen LogP contribution in [0.1, 0.15) is 31.7 Å². The van der Waals surface area contributed by atoms with Gasteiger partial charge in [0.05, 0.1) is 31.2 Å². The summed E-state index contributed by atoms with van der Waals surface area (Å²) in [4.78, 5) is 12.7. The lowest BCUT2D eigenvalue weighted by Gasteiger charge is -2.58. The summed E-state index contributed by atoms with van der Waals surface area (Å²) in [7, 11) is 1.44. The third-order valence-electron chi connectivity index (χ3n) is 7.24. The highest BCUT2D eigenvalue weighted by atomic mass is 16.6. The minimum absolute atomic E-state index is 0.0930. The first-order valence-corrected chi connectivity index (χ1v) is 9.45. The lowest BCUT2D eigenvalue weighted by atomic mass is 9.55. The molecule has 1 unspecified atom stereocenters. The van der Waals surface area contributed by atoms with E-state index in [2.05, 4.69) is 24.4 Å². The van der Waals surface area contributed by atoms with E-state index in [0.717, 1.165) is 24.2 Å². The number of esters is 1. The zero-order valence-corrected chi connectivity index (χ0v) is 15.2. The van der Waals surface area contributed by atoms with Gasteiger partial charge in [0.25, 0.3) is 0 Å². The minimum Gasteiger partial charge on any atom is -0.632 e. The molecule has 136 valence electrons. The van der Waals surface area contributed by atoms with E-state index in [1.165, 1.54) is 12.7 Å². The molecular weight excluding hydrogens is 328 g/mol. The number of hydroxylamine groups is 3. The Kier molecular flexibility index (Phi) is 3.09. The lowest BCUT2D eigenvalue weighted by molar-refractivity contribution is -0.898. The van der Waals surface area contributed by atoms with Crippen LogP contribution in [0.5, 0.6) is 0 Å². The van der Waals surface area contributed by atoms with Crippen molar-refractivity contribution in [2.45, 2.75) is 37.6 Å². The number of hydrogen-bond donors (Lipinski definition) is 1. The van der Waals surface area contributed by atoms with Crippen LogP contribution < -0.4 is 5.32 Å². The van der Waals surface area contributed by atoms with E-state index in [4.69, 9.17) is 4.74 Å². The van der Waals surface area contributed by atoms with Crippen LogP contribution in [0.2, 0.25) is 0 Å². The van der Waals surface area contributed by atoms with Crippen LogP contribution in [0.25, 0.3) is 0 Å². The number of fused-ring (bicyclic) bond motifs is 1. The summed E-state index contributed by atoms with van der Waals surface area (Å²) in [5.74, 6) is -0.277. The van der Waals surface area contributed by atoms with Crippen LogP contribution in [0, 0.1) is 10.6 Å². The molecular formula is C21H24N2O3. The summed E-state index contributed by atoms with van der Waals surface area (Å²) >= 11 is 0. The molecule has 5 nitrogen and oxygen atoms in total. The molecule has 0 saturated carbocycles. The fraction of sp³-hybridized carbons (Fsp3) is 0.476. The third-order valence-corrected chi connectivity index (χ3v) is 7.24. The predicted molar refractivity (Wildman–Crippen MR) is 99.0 cm³/mol. The number of carbonyl (C=O) groups is 1. The standard InChI is InChI=1S/C21H24N2O3/c1-3-20-9-6-11-23(25)12-10-21(19(20)23)15-7-4-5-8-16(15)22-17(21)14(13-20)18(24)26-2/h4-9,19,22H,3,10-13H2,1-2H3/t19-,20-,21-,23?/m1/s1. The van der Waals surface area contributed by atoms with Gasteiger partial charge in [-0.05, 0) is 30.5 Å². The molecule has 3 heterocycles. The molecule has 3 aliphatic heterocycles. The molecule has 5 rings (SSSR count). The molecule has 0 aromatic heterocycles. The molecule has 4 aliphatic rings. The first-order chi connectivity index (χ1) is 12.5. The van der Waals surface area contributed by atoms with Gasteiger partial charge in [-0.2, -0.15) is 0 Å².